The molecule has 19 heteroatoms. The van der Waals surface area contributed by atoms with Gasteiger partial charge in [0.1, 0.15) is 19.3 Å². The van der Waals surface area contributed by atoms with E-state index in [0.717, 1.165) is 115 Å². The van der Waals surface area contributed by atoms with E-state index >= 15 is 0 Å². The predicted molar refractivity (Wildman–Crippen MR) is 331 cm³/mol. The molecule has 0 radical (unpaired) electrons. The zero-order chi connectivity index (χ0) is 61.5. The van der Waals surface area contributed by atoms with Crippen molar-refractivity contribution >= 4 is 39.5 Å². The third kappa shape index (κ3) is 58.8. The topological polar surface area (TPSA) is 237 Å². The van der Waals surface area contributed by atoms with Crippen LogP contribution in [-0.2, 0) is 65.4 Å². The summed E-state index contributed by atoms with van der Waals surface area (Å²) in [6, 6.07) is 0. The van der Waals surface area contributed by atoms with Gasteiger partial charge in [-0.15, -0.1) is 0 Å². The van der Waals surface area contributed by atoms with Crippen molar-refractivity contribution in [2.45, 2.75) is 336 Å². The summed E-state index contributed by atoms with van der Waals surface area (Å²) in [5.74, 6) is -0.626. The summed E-state index contributed by atoms with van der Waals surface area (Å²) in [5.41, 5.74) is 0. The van der Waals surface area contributed by atoms with Gasteiger partial charge in [0.25, 0.3) is 0 Å². The minimum Gasteiger partial charge on any atom is -0.462 e. The summed E-state index contributed by atoms with van der Waals surface area (Å²) in [6.07, 6.45) is 39.1. The molecule has 0 saturated heterocycles. The lowest BCUT2D eigenvalue weighted by molar-refractivity contribution is -0.161. The number of phosphoric acid groups is 2. The fourth-order valence-electron chi connectivity index (χ4n) is 9.53. The smallest absolute Gasteiger partial charge is 0.462 e. The van der Waals surface area contributed by atoms with Crippen LogP contribution in [0.3, 0.4) is 0 Å². The molecule has 3 N–H and O–H groups in total. The molecule has 0 aromatic rings. The molecule has 2 unspecified atom stereocenters. The molecule has 5 atom stereocenters. The number of carbonyl (C=O) groups is 4. The molecule has 492 valence electrons. The Morgan fingerprint density at radius 3 is 0.819 bits per heavy atom. The monoisotopic (exact) mass is 1230 g/mol. The molecule has 0 aliphatic carbocycles. The Morgan fingerprint density at radius 2 is 0.554 bits per heavy atom. The molecule has 0 rings (SSSR count). The number of unbranched alkanes of at least 4 members (excludes halogenated alkanes) is 33. The molecule has 0 spiro atoms. The lowest BCUT2D eigenvalue weighted by Crippen LogP contribution is -2.30. The van der Waals surface area contributed by atoms with Gasteiger partial charge in [-0.2, -0.15) is 0 Å². The van der Waals surface area contributed by atoms with Crippen molar-refractivity contribution < 1.29 is 80.2 Å². The minimum atomic E-state index is -4.94. The molecule has 0 saturated carbocycles. The number of phosphoric ester groups is 2. The molecule has 0 heterocycles. The van der Waals surface area contributed by atoms with Crippen molar-refractivity contribution in [2.24, 2.45) is 11.8 Å². The van der Waals surface area contributed by atoms with E-state index < -0.39 is 97.5 Å². The molecule has 0 aliphatic rings. The quantitative estimate of drug-likeness (QED) is 0.0222. The third-order valence-electron chi connectivity index (χ3n) is 14.7. The summed E-state index contributed by atoms with van der Waals surface area (Å²) >= 11 is 0. The SMILES string of the molecule is CCCCCCCCCCCC(=O)O[C@H](COC(=O)CCCCCCCCC)COP(=O)(O)OC[C@H](O)COP(=O)(O)OC[C@@H](COC(=O)CCCCCCCCCCC(C)C)OC(=O)CCCCCCCCCCCCCCCC(C)C. The van der Waals surface area contributed by atoms with Gasteiger partial charge in [-0.25, -0.2) is 9.13 Å². The van der Waals surface area contributed by atoms with E-state index in [-0.39, 0.29) is 25.7 Å². The van der Waals surface area contributed by atoms with Crippen LogP contribution < -0.4 is 0 Å². The van der Waals surface area contributed by atoms with Crippen molar-refractivity contribution in [3.8, 4) is 0 Å². The van der Waals surface area contributed by atoms with Crippen LogP contribution in [0.2, 0.25) is 0 Å². The van der Waals surface area contributed by atoms with Crippen LogP contribution >= 0.6 is 15.6 Å². The summed E-state index contributed by atoms with van der Waals surface area (Å²) in [5, 5.41) is 10.5. The van der Waals surface area contributed by atoms with Crippen LogP contribution in [0, 0.1) is 11.8 Å². The fraction of sp³-hybridized carbons (Fsp3) is 0.938. The highest BCUT2D eigenvalue weighted by Crippen LogP contribution is 2.45. The maximum Gasteiger partial charge on any atom is 0.472 e. The van der Waals surface area contributed by atoms with Crippen LogP contribution in [0.4, 0.5) is 0 Å². The Bertz CT molecular complexity index is 1630. The summed E-state index contributed by atoms with van der Waals surface area (Å²) < 4.78 is 67.9. The maximum atomic E-state index is 13.0. The van der Waals surface area contributed by atoms with Crippen molar-refractivity contribution in [2.75, 3.05) is 39.6 Å². The Hall–Kier alpha value is -1.94. The third-order valence-corrected chi connectivity index (χ3v) is 16.6. The summed E-state index contributed by atoms with van der Waals surface area (Å²) in [4.78, 5) is 72.1. The molecule has 17 nitrogen and oxygen atoms in total. The maximum absolute atomic E-state index is 13.0. The number of rotatable bonds is 63. The standard InChI is InChI=1S/C64H124O17P2/c1-7-9-11-13-15-21-30-36-42-48-63(68)80-59(52-74-61(66)46-40-34-26-14-12-10-8-2)54-78-82(70,71)76-50-58(65)51-77-83(72,73)79-55-60(53-75-62(67)47-41-35-29-25-24-28-33-39-45-57(5)6)81-64(69)49-43-37-31-23-20-18-16-17-19-22-27-32-38-44-56(3)4/h56-60,65H,7-55H2,1-6H3,(H,70,71)(H,72,73)/t58-,59+,60+/m0/s1. The van der Waals surface area contributed by atoms with Crippen molar-refractivity contribution in [3.05, 3.63) is 0 Å². The predicted octanol–water partition coefficient (Wildman–Crippen LogP) is 17.7. The van der Waals surface area contributed by atoms with Gasteiger partial charge in [0.05, 0.1) is 26.4 Å². The van der Waals surface area contributed by atoms with Gasteiger partial charge in [-0.3, -0.25) is 37.3 Å². The van der Waals surface area contributed by atoms with Gasteiger partial charge < -0.3 is 33.8 Å². The van der Waals surface area contributed by atoms with Gasteiger partial charge in [-0.05, 0) is 37.5 Å². The minimum absolute atomic E-state index is 0.105. The molecular formula is C64H124O17P2. The summed E-state index contributed by atoms with van der Waals surface area (Å²) in [6.45, 7) is 9.42. The van der Waals surface area contributed by atoms with Crippen LogP contribution in [-0.4, -0.2) is 96.7 Å². The van der Waals surface area contributed by atoms with Crippen molar-refractivity contribution in [1.29, 1.82) is 0 Å². The van der Waals surface area contributed by atoms with Gasteiger partial charge in [0.15, 0.2) is 12.2 Å². The first-order valence-corrected chi connectivity index (χ1v) is 36.5. The van der Waals surface area contributed by atoms with Gasteiger partial charge >= 0.3 is 39.5 Å². The molecule has 83 heavy (non-hydrogen) atoms. The number of hydrogen-bond acceptors (Lipinski definition) is 15. The normalized spacial score (nSPS) is 14.3. The van der Waals surface area contributed by atoms with Gasteiger partial charge in [0.2, 0.25) is 0 Å². The van der Waals surface area contributed by atoms with Crippen molar-refractivity contribution in [3.63, 3.8) is 0 Å². The lowest BCUT2D eigenvalue weighted by Gasteiger charge is -2.21. The molecule has 0 aromatic heterocycles. The molecule has 0 amide bonds. The van der Waals surface area contributed by atoms with E-state index in [1.54, 1.807) is 0 Å². The van der Waals surface area contributed by atoms with Crippen LogP contribution in [0.15, 0.2) is 0 Å². The highest BCUT2D eigenvalue weighted by Gasteiger charge is 2.30. The highest BCUT2D eigenvalue weighted by molar-refractivity contribution is 7.47. The second-order valence-electron chi connectivity index (χ2n) is 24.1. The van der Waals surface area contributed by atoms with Gasteiger partial charge in [-0.1, -0.05) is 266 Å². The van der Waals surface area contributed by atoms with E-state index in [2.05, 4.69) is 41.5 Å². The second-order valence-corrected chi connectivity index (χ2v) is 27.0. The number of aliphatic hydroxyl groups excluding tert-OH is 1. The highest BCUT2D eigenvalue weighted by atomic mass is 31.2. The Morgan fingerprint density at radius 1 is 0.325 bits per heavy atom. The number of aliphatic hydroxyl groups is 1. The summed E-state index contributed by atoms with van der Waals surface area (Å²) in [7, 11) is -9.88. The number of esters is 4. The average molecular weight is 1230 g/mol. The van der Waals surface area contributed by atoms with Crippen LogP contribution in [0.1, 0.15) is 318 Å². The van der Waals surface area contributed by atoms with Crippen molar-refractivity contribution in [1.82, 2.24) is 0 Å². The van der Waals surface area contributed by atoms with E-state index in [1.807, 2.05) is 0 Å². The number of hydrogen-bond donors (Lipinski definition) is 3. The van der Waals surface area contributed by atoms with E-state index in [0.29, 0.717) is 25.7 Å². The first kappa shape index (κ1) is 81.1. The molecule has 0 bridgehead atoms. The second kappa shape index (κ2) is 56.6. The molecule has 0 aliphatic heterocycles. The number of ether oxygens (including phenoxy) is 4. The average Bonchev–Trinajstić information content (AvgIpc) is 3.45. The Kier molecular flexibility index (Phi) is 55.2. The first-order valence-electron chi connectivity index (χ1n) is 33.5. The molecular weight excluding hydrogens is 1100 g/mol. The zero-order valence-corrected chi connectivity index (χ0v) is 55.3. The lowest BCUT2D eigenvalue weighted by atomic mass is 10.0. The largest absolute Gasteiger partial charge is 0.472 e. The number of carbonyl (C=O) groups excluding carboxylic acids is 4. The van der Waals surface area contributed by atoms with E-state index in [1.165, 1.54) is 122 Å². The van der Waals surface area contributed by atoms with Crippen LogP contribution in [0.25, 0.3) is 0 Å². The zero-order valence-electron chi connectivity index (χ0n) is 53.5. The van der Waals surface area contributed by atoms with E-state index in [4.69, 9.17) is 37.0 Å². The molecule has 0 aromatic carbocycles. The van der Waals surface area contributed by atoms with Gasteiger partial charge in [0, 0.05) is 25.7 Å². The fourth-order valence-corrected chi connectivity index (χ4v) is 11.1. The molecule has 0 fully saturated rings. The van der Waals surface area contributed by atoms with Crippen LogP contribution in [0.5, 0.6) is 0 Å². The first-order chi connectivity index (χ1) is 39.9. The Labute approximate surface area is 505 Å². The van der Waals surface area contributed by atoms with E-state index in [9.17, 15) is 43.2 Å². The Balaban J connectivity index is 5.19.